The van der Waals surface area contributed by atoms with Crippen molar-refractivity contribution in [2.45, 2.75) is 38.2 Å². The Hall–Kier alpha value is -3.41. The quantitative estimate of drug-likeness (QED) is 0.667. The molecule has 0 unspecified atom stereocenters. The summed E-state index contributed by atoms with van der Waals surface area (Å²) in [5, 5.41) is 4.92. The second-order valence-corrected chi connectivity index (χ2v) is 9.98. The molecule has 0 aliphatic carbocycles. The van der Waals surface area contributed by atoms with Crippen molar-refractivity contribution in [2.24, 2.45) is 0 Å². The molecule has 2 amide bonds. The van der Waals surface area contributed by atoms with E-state index < -0.39 is 38.2 Å². The molecule has 0 radical (unpaired) electrons. The Bertz CT molecular complexity index is 1170. The summed E-state index contributed by atoms with van der Waals surface area (Å²) in [6.07, 6.45) is -0.704. The molecule has 9 nitrogen and oxygen atoms in total. The summed E-state index contributed by atoms with van der Waals surface area (Å²) >= 11 is 0. The lowest BCUT2D eigenvalue weighted by atomic mass is 10.2. The molecule has 0 atom stereocenters. The van der Waals surface area contributed by atoms with Gasteiger partial charge in [0.1, 0.15) is 18.0 Å². The molecule has 0 saturated heterocycles. The van der Waals surface area contributed by atoms with E-state index in [0.717, 1.165) is 16.4 Å². The molecular formula is C22H27F2N3O6S. The Kier molecular flexibility index (Phi) is 8.43. The maximum atomic E-state index is 13.6. The van der Waals surface area contributed by atoms with E-state index in [0.29, 0.717) is 6.07 Å². The number of nitrogens with zero attached hydrogens (tertiary/aromatic N) is 1. The molecule has 1 heterocycles. The predicted octanol–water partition coefficient (Wildman–Crippen LogP) is 3.65. The van der Waals surface area contributed by atoms with E-state index in [1.165, 1.54) is 25.1 Å². The summed E-state index contributed by atoms with van der Waals surface area (Å²) < 4.78 is 64.5. The van der Waals surface area contributed by atoms with Gasteiger partial charge in [0.2, 0.25) is 5.91 Å². The number of carbonyl (C=O) groups is 2. The van der Waals surface area contributed by atoms with E-state index >= 15 is 0 Å². The number of halogens is 2. The molecule has 186 valence electrons. The number of nitrogens with one attached hydrogen (secondary N) is 2. The molecule has 2 aromatic rings. The number of sulfonamides is 1. The first-order valence-corrected chi connectivity index (χ1v) is 11.6. The molecule has 0 bridgehead atoms. The molecule has 34 heavy (non-hydrogen) atoms. The van der Waals surface area contributed by atoms with Crippen LogP contribution in [0.4, 0.5) is 25.0 Å². The van der Waals surface area contributed by atoms with Crippen LogP contribution in [0.1, 0.15) is 27.7 Å². The van der Waals surface area contributed by atoms with Gasteiger partial charge in [-0.25, -0.2) is 22.0 Å². The van der Waals surface area contributed by atoms with Crippen molar-refractivity contribution in [3.63, 3.8) is 0 Å². The van der Waals surface area contributed by atoms with Crippen molar-refractivity contribution in [3.8, 4) is 5.75 Å². The average Bonchev–Trinajstić information content (AvgIpc) is 2.74. The first-order chi connectivity index (χ1) is 15.7. The highest BCUT2D eigenvalue weighted by molar-refractivity contribution is 7.92. The molecule has 3 rings (SSSR count). The fourth-order valence-electron chi connectivity index (χ4n) is 2.71. The van der Waals surface area contributed by atoms with Crippen LogP contribution in [0.15, 0.2) is 41.3 Å². The third kappa shape index (κ3) is 7.04. The summed E-state index contributed by atoms with van der Waals surface area (Å²) in [5.74, 6) is -2.13. The molecule has 0 aromatic heterocycles. The van der Waals surface area contributed by atoms with Crippen molar-refractivity contribution in [3.05, 3.63) is 48.0 Å². The molecule has 0 fully saturated rings. The van der Waals surface area contributed by atoms with E-state index in [9.17, 15) is 26.8 Å². The molecule has 0 spiro atoms. The van der Waals surface area contributed by atoms with Crippen LogP contribution in [0, 0.1) is 11.6 Å². The van der Waals surface area contributed by atoms with Crippen LogP contribution in [0.2, 0.25) is 0 Å². The van der Waals surface area contributed by atoms with Gasteiger partial charge in [-0.15, -0.1) is 0 Å². The predicted molar refractivity (Wildman–Crippen MR) is 122 cm³/mol. The van der Waals surface area contributed by atoms with Gasteiger partial charge in [-0.2, -0.15) is 0 Å². The Labute approximate surface area is 197 Å². The molecule has 2 N–H and O–H groups in total. The molecule has 0 saturated carbocycles. The summed E-state index contributed by atoms with van der Waals surface area (Å²) in [6, 6.07) is 6.83. The first kappa shape index (κ1) is 26.8. The number of hydrogen-bond acceptors (Lipinski definition) is 6. The Morgan fingerprint density at radius 1 is 1.09 bits per heavy atom. The number of benzene rings is 2. The zero-order valence-electron chi connectivity index (χ0n) is 19.4. The van der Waals surface area contributed by atoms with E-state index in [1.54, 1.807) is 27.8 Å². The molecular weight excluding hydrogens is 472 g/mol. The van der Waals surface area contributed by atoms with Crippen LogP contribution in [0.3, 0.4) is 0 Å². The summed E-state index contributed by atoms with van der Waals surface area (Å²) in [4.78, 5) is 21.3. The molecule has 12 heteroatoms. The smallest absolute Gasteiger partial charge is 0.412 e. The molecule has 1 aliphatic heterocycles. The van der Waals surface area contributed by atoms with Gasteiger partial charge in [-0.3, -0.25) is 14.4 Å². The number of fused-ring (bicyclic) bond motifs is 1. The van der Waals surface area contributed by atoms with Crippen LogP contribution in [-0.2, 0) is 19.6 Å². The standard InChI is InChI=1S/C19H20F2N2O5S.C3H7NO/c1-19(2,3)28-18(24)22-12-4-7-17-16(10-12)23(8-9-27-17)29(25,26)13-5-6-14(20)15(21)11-13;1-3(5)4-2/h4-7,10-11H,8-9H2,1-3H3,(H,22,24);1-2H3,(H,4,5). The lowest BCUT2D eigenvalue weighted by Gasteiger charge is -2.31. The monoisotopic (exact) mass is 499 g/mol. The lowest BCUT2D eigenvalue weighted by molar-refractivity contribution is -0.118. The Morgan fingerprint density at radius 3 is 2.29 bits per heavy atom. The van der Waals surface area contributed by atoms with Crippen molar-refractivity contribution < 1.29 is 36.3 Å². The average molecular weight is 500 g/mol. The zero-order chi connectivity index (χ0) is 25.7. The van der Waals surface area contributed by atoms with Crippen LogP contribution in [0.5, 0.6) is 5.75 Å². The number of rotatable bonds is 3. The van der Waals surface area contributed by atoms with E-state index in [1.807, 2.05) is 0 Å². The second-order valence-electron chi connectivity index (χ2n) is 8.12. The number of hydrogen-bond donors (Lipinski definition) is 2. The van der Waals surface area contributed by atoms with Crippen molar-refractivity contribution in [2.75, 3.05) is 29.8 Å². The molecule has 1 aliphatic rings. The highest BCUT2D eigenvalue weighted by Gasteiger charge is 2.31. The number of anilines is 2. The lowest BCUT2D eigenvalue weighted by Crippen LogP contribution is -2.38. The summed E-state index contributed by atoms with van der Waals surface area (Å²) in [5.41, 5.74) is -0.257. The van der Waals surface area contributed by atoms with Crippen molar-refractivity contribution in [1.82, 2.24) is 5.32 Å². The summed E-state index contributed by atoms with van der Waals surface area (Å²) in [6.45, 7) is 6.65. The van der Waals surface area contributed by atoms with Crippen molar-refractivity contribution in [1.29, 1.82) is 0 Å². The Morgan fingerprint density at radius 2 is 1.74 bits per heavy atom. The van der Waals surface area contributed by atoms with E-state index in [4.69, 9.17) is 9.47 Å². The first-order valence-electron chi connectivity index (χ1n) is 10.2. The van der Waals surface area contributed by atoms with Crippen molar-refractivity contribution >= 4 is 33.4 Å². The second kappa shape index (κ2) is 10.7. The van der Waals surface area contributed by atoms with Gasteiger partial charge in [0.25, 0.3) is 10.0 Å². The highest BCUT2D eigenvalue weighted by atomic mass is 32.2. The van der Waals surface area contributed by atoms with Gasteiger partial charge < -0.3 is 14.8 Å². The highest BCUT2D eigenvalue weighted by Crippen LogP contribution is 2.37. The maximum Gasteiger partial charge on any atom is 0.412 e. The SMILES string of the molecule is CC(C)(C)OC(=O)Nc1ccc2c(c1)N(S(=O)(=O)c1ccc(F)c(F)c1)CCO2.CNC(C)=O. The van der Waals surface area contributed by atoms with E-state index in [-0.39, 0.29) is 36.2 Å². The van der Waals surface area contributed by atoms with Gasteiger partial charge in [-0.1, -0.05) is 0 Å². The number of carbonyl (C=O) groups excluding carboxylic acids is 2. The fraction of sp³-hybridized carbons (Fsp3) is 0.364. The van der Waals surface area contributed by atoms with Crippen LogP contribution in [-0.4, -0.2) is 46.2 Å². The minimum atomic E-state index is -4.19. The third-order valence-electron chi connectivity index (χ3n) is 4.26. The zero-order valence-corrected chi connectivity index (χ0v) is 20.3. The number of amides is 2. The minimum absolute atomic E-state index is 0.00463. The minimum Gasteiger partial charge on any atom is -0.489 e. The topological polar surface area (TPSA) is 114 Å². The van der Waals surface area contributed by atoms with Gasteiger partial charge in [-0.05, 0) is 57.2 Å². The molecule has 2 aromatic carbocycles. The van der Waals surface area contributed by atoms with Crippen LogP contribution < -0.4 is 19.7 Å². The summed E-state index contributed by atoms with van der Waals surface area (Å²) in [7, 11) is -2.59. The largest absolute Gasteiger partial charge is 0.489 e. The third-order valence-corrected chi connectivity index (χ3v) is 6.07. The van der Waals surface area contributed by atoms with Gasteiger partial charge >= 0.3 is 6.09 Å². The van der Waals surface area contributed by atoms with Crippen LogP contribution >= 0.6 is 0 Å². The fourth-order valence-corrected chi connectivity index (χ4v) is 4.17. The van der Waals surface area contributed by atoms with E-state index in [2.05, 4.69) is 10.6 Å². The van der Waals surface area contributed by atoms with Gasteiger partial charge in [0.15, 0.2) is 11.6 Å². The van der Waals surface area contributed by atoms with Gasteiger partial charge in [0.05, 0.1) is 17.1 Å². The van der Waals surface area contributed by atoms with Gasteiger partial charge in [0, 0.05) is 19.7 Å². The number of ether oxygens (including phenoxy) is 2. The Balaban J connectivity index is 0.000000739. The van der Waals surface area contributed by atoms with Crippen LogP contribution in [0.25, 0.3) is 0 Å². The maximum absolute atomic E-state index is 13.6. The normalized spacial score (nSPS) is 13.0.